The van der Waals surface area contributed by atoms with Gasteiger partial charge >= 0.3 is 5.97 Å². The molecule has 35 heavy (non-hydrogen) atoms. The van der Waals surface area contributed by atoms with Crippen molar-refractivity contribution in [3.8, 4) is 11.5 Å². The van der Waals surface area contributed by atoms with E-state index in [0.29, 0.717) is 53.5 Å². The van der Waals surface area contributed by atoms with E-state index in [2.05, 4.69) is 13.0 Å². The molecule has 1 aliphatic rings. The lowest BCUT2D eigenvalue weighted by Gasteiger charge is -2.14. The van der Waals surface area contributed by atoms with Gasteiger partial charge in [-0.15, -0.1) is 0 Å². The maximum Gasteiger partial charge on any atom is 0.305 e. The average Bonchev–Trinajstić information content (AvgIpc) is 3.10. The molecule has 0 atom stereocenters. The van der Waals surface area contributed by atoms with Gasteiger partial charge in [-0.25, -0.2) is 0 Å². The monoisotopic (exact) mass is 513 g/mol. The summed E-state index contributed by atoms with van der Waals surface area (Å²) in [6.45, 7) is 7.66. The summed E-state index contributed by atoms with van der Waals surface area (Å²) in [6.07, 6.45) is 3.36. The third-order valence-corrected chi connectivity index (χ3v) is 6.69. The molecule has 0 bridgehead atoms. The van der Waals surface area contributed by atoms with Gasteiger partial charge in [-0.2, -0.15) is 0 Å². The second kappa shape index (κ2) is 13.3. The van der Waals surface area contributed by atoms with Gasteiger partial charge in [0.25, 0.3) is 5.91 Å². The SMILES string of the molecule is CCCOC(=O)CCCN1C(=O)/C(=C/c2ccc(OCc3ccccc3C)c(OCC)c2)SC1=S. The maximum absolute atomic E-state index is 12.9. The smallest absolute Gasteiger partial charge is 0.305 e. The Morgan fingerprint density at radius 3 is 2.66 bits per heavy atom. The number of esters is 1. The highest BCUT2D eigenvalue weighted by Gasteiger charge is 2.31. The first-order valence-electron chi connectivity index (χ1n) is 11.8. The van der Waals surface area contributed by atoms with Crippen molar-refractivity contribution in [2.45, 2.75) is 46.6 Å². The first-order chi connectivity index (χ1) is 16.9. The van der Waals surface area contributed by atoms with Gasteiger partial charge in [0.2, 0.25) is 0 Å². The van der Waals surface area contributed by atoms with Gasteiger partial charge in [-0.05, 0) is 61.6 Å². The molecule has 8 heteroatoms. The molecule has 1 amide bonds. The Morgan fingerprint density at radius 2 is 1.91 bits per heavy atom. The van der Waals surface area contributed by atoms with Crippen LogP contribution in [0.4, 0.5) is 0 Å². The zero-order valence-electron chi connectivity index (χ0n) is 20.4. The molecule has 186 valence electrons. The van der Waals surface area contributed by atoms with Crippen LogP contribution in [0.15, 0.2) is 47.4 Å². The van der Waals surface area contributed by atoms with E-state index in [9.17, 15) is 9.59 Å². The van der Waals surface area contributed by atoms with Gasteiger partial charge in [0, 0.05) is 13.0 Å². The van der Waals surface area contributed by atoms with Gasteiger partial charge in [0.15, 0.2) is 11.5 Å². The third kappa shape index (κ3) is 7.57. The Hall–Kier alpha value is -2.84. The van der Waals surface area contributed by atoms with Crippen LogP contribution >= 0.6 is 24.0 Å². The summed E-state index contributed by atoms with van der Waals surface area (Å²) in [5.41, 5.74) is 3.10. The normalized spacial score (nSPS) is 14.5. The van der Waals surface area contributed by atoms with E-state index >= 15 is 0 Å². The van der Waals surface area contributed by atoms with Crippen LogP contribution in [0.1, 0.15) is 49.8 Å². The summed E-state index contributed by atoms with van der Waals surface area (Å²) < 4.78 is 17.4. The lowest BCUT2D eigenvalue weighted by Crippen LogP contribution is -2.29. The molecule has 2 aromatic rings. The van der Waals surface area contributed by atoms with E-state index in [1.165, 1.54) is 17.3 Å². The Bertz CT molecular complexity index is 1100. The van der Waals surface area contributed by atoms with Crippen molar-refractivity contribution in [2.24, 2.45) is 0 Å². The van der Waals surface area contributed by atoms with Crippen molar-refractivity contribution >= 4 is 46.3 Å². The molecule has 0 radical (unpaired) electrons. The number of thiocarbonyl (C=S) groups is 1. The van der Waals surface area contributed by atoms with Crippen LogP contribution in [0.25, 0.3) is 6.08 Å². The van der Waals surface area contributed by atoms with Crippen molar-refractivity contribution < 1.29 is 23.8 Å². The predicted octanol–water partition coefficient (Wildman–Crippen LogP) is 5.91. The number of carbonyl (C=O) groups is 2. The quantitative estimate of drug-likeness (QED) is 0.199. The van der Waals surface area contributed by atoms with Crippen LogP contribution in [0.3, 0.4) is 0 Å². The molecule has 0 unspecified atom stereocenters. The van der Waals surface area contributed by atoms with E-state index in [1.54, 1.807) is 4.90 Å². The molecule has 3 rings (SSSR count). The largest absolute Gasteiger partial charge is 0.490 e. The highest BCUT2D eigenvalue weighted by Crippen LogP contribution is 2.35. The fourth-order valence-corrected chi connectivity index (χ4v) is 4.75. The number of hydrogen-bond acceptors (Lipinski definition) is 7. The highest BCUT2D eigenvalue weighted by molar-refractivity contribution is 8.26. The molecule has 0 N–H and O–H groups in total. The van der Waals surface area contributed by atoms with Crippen molar-refractivity contribution in [3.05, 3.63) is 64.1 Å². The van der Waals surface area contributed by atoms with Gasteiger partial charge in [0.1, 0.15) is 10.9 Å². The summed E-state index contributed by atoms with van der Waals surface area (Å²) in [4.78, 5) is 26.7. The summed E-state index contributed by atoms with van der Waals surface area (Å²) in [6, 6.07) is 13.7. The van der Waals surface area contributed by atoms with E-state index in [4.69, 9.17) is 26.4 Å². The maximum atomic E-state index is 12.9. The van der Waals surface area contributed by atoms with E-state index in [-0.39, 0.29) is 18.3 Å². The van der Waals surface area contributed by atoms with Crippen molar-refractivity contribution in [1.29, 1.82) is 0 Å². The minimum absolute atomic E-state index is 0.153. The fraction of sp³-hybridized carbons (Fsp3) is 0.370. The third-order valence-electron chi connectivity index (χ3n) is 5.31. The lowest BCUT2D eigenvalue weighted by molar-refractivity contribution is -0.144. The number of amides is 1. The van der Waals surface area contributed by atoms with E-state index in [1.807, 2.05) is 56.3 Å². The summed E-state index contributed by atoms with van der Waals surface area (Å²) in [5.74, 6) is 0.867. The molecule has 0 aromatic heterocycles. The number of thioether (sulfide) groups is 1. The second-order valence-corrected chi connectivity index (χ2v) is 9.69. The Balaban J connectivity index is 1.66. The molecule has 1 heterocycles. The molecular formula is C27H31NO5S2. The number of hydrogen-bond donors (Lipinski definition) is 0. The van der Waals surface area contributed by atoms with Gasteiger partial charge in [0.05, 0.1) is 18.1 Å². The van der Waals surface area contributed by atoms with Crippen LogP contribution in [-0.4, -0.2) is 40.9 Å². The zero-order chi connectivity index (χ0) is 25.2. The lowest BCUT2D eigenvalue weighted by atomic mass is 10.1. The Labute approximate surface area is 216 Å². The fourth-order valence-electron chi connectivity index (χ4n) is 3.44. The number of ether oxygens (including phenoxy) is 3. The standard InChI is InChI=1S/C27H31NO5S2/c1-4-15-32-25(29)11-8-14-28-26(30)24(35-27(28)34)17-20-12-13-22(23(16-20)31-5-2)33-18-21-10-7-6-9-19(21)3/h6-7,9-10,12-13,16-17H,4-5,8,11,14-15,18H2,1-3H3/b24-17-. The second-order valence-electron chi connectivity index (χ2n) is 8.01. The van der Waals surface area contributed by atoms with E-state index < -0.39 is 0 Å². The number of aryl methyl sites for hydroxylation is 1. The molecule has 0 spiro atoms. The average molecular weight is 514 g/mol. The zero-order valence-corrected chi connectivity index (χ0v) is 22.0. The summed E-state index contributed by atoms with van der Waals surface area (Å²) >= 11 is 6.67. The minimum atomic E-state index is -0.249. The highest BCUT2D eigenvalue weighted by atomic mass is 32.2. The topological polar surface area (TPSA) is 65.1 Å². The molecule has 2 aromatic carbocycles. The minimum Gasteiger partial charge on any atom is -0.490 e. The van der Waals surface area contributed by atoms with Crippen LogP contribution < -0.4 is 9.47 Å². The molecule has 0 saturated carbocycles. The molecule has 1 aliphatic heterocycles. The first-order valence-corrected chi connectivity index (χ1v) is 13.0. The van der Waals surface area contributed by atoms with Crippen molar-refractivity contribution in [2.75, 3.05) is 19.8 Å². The Kier molecular flexibility index (Phi) is 10.2. The molecule has 6 nitrogen and oxygen atoms in total. The number of nitrogens with zero attached hydrogens (tertiary/aromatic N) is 1. The number of rotatable bonds is 12. The van der Waals surface area contributed by atoms with Crippen LogP contribution in [0.5, 0.6) is 11.5 Å². The number of benzene rings is 2. The molecular weight excluding hydrogens is 482 g/mol. The van der Waals surface area contributed by atoms with Gasteiger partial charge in [-0.1, -0.05) is 61.2 Å². The Morgan fingerprint density at radius 1 is 1.11 bits per heavy atom. The number of carbonyl (C=O) groups excluding carboxylic acids is 2. The van der Waals surface area contributed by atoms with Crippen molar-refractivity contribution in [3.63, 3.8) is 0 Å². The van der Waals surface area contributed by atoms with Crippen molar-refractivity contribution in [1.82, 2.24) is 4.90 Å². The molecule has 0 aliphatic carbocycles. The molecule has 1 saturated heterocycles. The van der Waals surface area contributed by atoms with Crippen LogP contribution in [0, 0.1) is 6.92 Å². The predicted molar refractivity (Wildman–Crippen MR) is 143 cm³/mol. The van der Waals surface area contributed by atoms with Crippen LogP contribution in [-0.2, 0) is 20.9 Å². The molecule has 1 fully saturated rings. The summed E-state index contributed by atoms with van der Waals surface area (Å²) in [5, 5.41) is 0. The summed E-state index contributed by atoms with van der Waals surface area (Å²) in [7, 11) is 0. The van der Waals surface area contributed by atoms with Gasteiger partial charge < -0.3 is 14.2 Å². The van der Waals surface area contributed by atoms with Crippen LogP contribution in [0.2, 0.25) is 0 Å². The van der Waals surface area contributed by atoms with E-state index in [0.717, 1.165) is 17.5 Å². The first kappa shape index (κ1) is 26.8. The van der Waals surface area contributed by atoms with Gasteiger partial charge in [-0.3, -0.25) is 14.5 Å².